The van der Waals surface area contributed by atoms with Gasteiger partial charge in [-0.1, -0.05) is 32.0 Å². The molecule has 208 valence electrons. The van der Waals surface area contributed by atoms with Crippen LogP contribution >= 0.6 is 0 Å². The van der Waals surface area contributed by atoms with E-state index in [1.54, 1.807) is 30.3 Å². The van der Waals surface area contributed by atoms with Crippen molar-refractivity contribution in [3.05, 3.63) is 66.2 Å². The molecule has 4 rings (SSSR count). The van der Waals surface area contributed by atoms with Crippen molar-refractivity contribution in [2.45, 2.75) is 50.2 Å². The van der Waals surface area contributed by atoms with Crippen molar-refractivity contribution in [3.63, 3.8) is 0 Å². The van der Waals surface area contributed by atoms with E-state index in [2.05, 4.69) is 5.32 Å². The molecule has 0 radical (unpaired) electrons. The number of nitrogens with one attached hydrogen (secondary N) is 1. The molecule has 10 heteroatoms. The van der Waals surface area contributed by atoms with E-state index >= 15 is 0 Å². The molecule has 1 amide bonds. The summed E-state index contributed by atoms with van der Waals surface area (Å²) in [5, 5.41) is 12.7. The number of aliphatic hydroxyl groups is 1. The van der Waals surface area contributed by atoms with E-state index in [1.165, 1.54) is 18.2 Å². The second-order valence-corrected chi connectivity index (χ2v) is 12.6. The largest absolute Gasteiger partial charge is 0.484 e. The predicted octanol–water partition coefficient (Wildman–Crippen LogP) is 3.78. The number of rotatable bonds is 8. The number of amides is 1. The average molecular weight is 553 g/mol. The number of carbonyl (C=O) groups is 1. The third kappa shape index (κ3) is 6.17. The SMILES string of the molecule is CC(C)c1cccc(S(=O)(=O)N2C[C@H](CNC(=O)C(C)(C)O)Oc3ccc(-c4cccc(N(C)C)n4)cc32)c1. The Morgan fingerprint density at radius 1 is 1.15 bits per heavy atom. The van der Waals surface area contributed by atoms with Crippen LogP contribution in [-0.2, 0) is 14.8 Å². The van der Waals surface area contributed by atoms with E-state index in [-0.39, 0.29) is 23.9 Å². The van der Waals surface area contributed by atoms with Gasteiger partial charge in [-0.3, -0.25) is 9.10 Å². The number of pyridine rings is 1. The summed E-state index contributed by atoms with van der Waals surface area (Å²) in [5.41, 5.74) is 1.17. The van der Waals surface area contributed by atoms with Crippen molar-refractivity contribution in [3.8, 4) is 17.0 Å². The van der Waals surface area contributed by atoms with E-state index in [9.17, 15) is 18.3 Å². The lowest BCUT2D eigenvalue weighted by Gasteiger charge is -2.36. The normalized spacial score (nSPS) is 15.5. The van der Waals surface area contributed by atoms with Crippen molar-refractivity contribution in [2.24, 2.45) is 0 Å². The molecular formula is C29H36N4O5S. The Labute approximate surface area is 230 Å². The second-order valence-electron chi connectivity index (χ2n) is 10.7. The number of sulfonamides is 1. The summed E-state index contributed by atoms with van der Waals surface area (Å²) >= 11 is 0. The van der Waals surface area contributed by atoms with E-state index in [0.29, 0.717) is 17.1 Å². The first-order chi connectivity index (χ1) is 18.3. The van der Waals surface area contributed by atoms with Crippen LogP contribution in [0.15, 0.2) is 65.6 Å². The van der Waals surface area contributed by atoms with Gasteiger partial charge in [-0.2, -0.15) is 0 Å². The van der Waals surface area contributed by atoms with Gasteiger partial charge >= 0.3 is 0 Å². The molecule has 39 heavy (non-hydrogen) atoms. The Balaban J connectivity index is 1.77. The minimum Gasteiger partial charge on any atom is -0.484 e. The zero-order chi connectivity index (χ0) is 28.5. The molecule has 9 nitrogen and oxygen atoms in total. The van der Waals surface area contributed by atoms with Gasteiger partial charge in [0.1, 0.15) is 23.3 Å². The maximum Gasteiger partial charge on any atom is 0.264 e. The Bertz CT molecular complexity index is 1460. The summed E-state index contributed by atoms with van der Waals surface area (Å²) in [5.74, 6) is 0.737. The van der Waals surface area contributed by atoms with E-state index in [4.69, 9.17) is 9.72 Å². The molecule has 0 saturated heterocycles. The van der Waals surface area contributed by atoms with Gasteiger partial charge in [0.2, 0.25) is 0 Å². The first-order valence-electron chi connectivity index (χ1n) is 12.9. The van der Waals surface area contributed by atoms with E-state index in [0.717, 1.165) is 16.9 Å². The summed E-state index contributed by atoms with van der Waals surface area (Å²) in [6.45, 7) is 6.80. The predicted molar refractivity (Wildman–Crippen MR) is 153 cm³/mol. The molecule has 1 atom stereocenters. The Hall–Kier alpha value is -3.63. The van der Waals surface area contributed by atoms with Gasteiger partial charge in [-0.25, -0.2) is 13.4 Å². The van der Waals surface area contributed by atoms with Crippen molar-refractivity contribution >= 4 is 27.4 Å². The number of nitrogens with zero attached hydrogens (tertiary/aromatic N) is 3. The van der Waals surface area contributed by atoms with Crippen LogP contribution in [0.3, 0.4) is 0 Å². The molecule has 2 aromatic carbocycles. The van der Waals surface area contributed by atoms with Crippen molar-refractivity contribution < 1.29 is 23.1 Å². The molecule has 0 bridgehead atoms. The minimum absolute atomic E-state index is 0.0223. The highest BCUT2D eigenvalue weighted by molar-refractivity contribution is 7.92. The summed E-state index contributed by atoms with van der Waals surface area (Å²) < 4.78 is 35.6. The zero-order valence-electron chi connectivity index (χ0n) is 23.2. The van der Waals surface area contributed by atoms with Crippen LogP contribution in [0.1, 0.15) is 39.2 Å². The first kappa shape index (κ1) is 28.4. The van der Waals surface area contributed by atoms with Crippen LogP contribution in [0.4, 0.5) is 11.5 Å². The summed E-state index contributed by atoms with van der Waals surface area (Å²) in [6, 6.07) is 18.0. The van der Waals surface area contributed by atoms with Gasteiger partial charge in [0.15, 0.2) is 0 Å². The van der Waals surface area contributed by atoms with Gasteiger partial charge in [0, 0.05) is 19.7 Å². The lowest BCUT2D eigenvalue weighted by atomic mass is 10.0. The Morgan fingerprint density at radius 3 is 2.54 bits per heavy atom. The monoisotopic (exact) mass is 552 g/mol. The highest BCUT2D eigenvalue weighted by Gasteiger charge is 2.36. The summed E-state index contributed by atoms with van der Waals surface area (Å²) in [7, 11) is -0.177. The molecule has 1 aromatic heterocycles. The number of anilines is 2. The lowest BCUT2D eigenvalue weighted by molar-refractivity contribution is -0.136. The maximum atomic E-state index is 14.1. The third-order valence-corrected chi connectivity index (χ3v) is 8.31. The molecule has 1 aliphatic heterocycles. The number of carbonyl (C=O) groups excluding carboxylic acids is 1. The van der Waals surface area contributed by atoms with Gasteiger partial charge in [0.25, 0.3) is 15.9 Å². The fraction of sp³-hybridized carbons (Fsp3) is 0.379. The molecule has 3 aromatic rings. The highest BCUT2D eigenvalue weighted by atomic mass is 32.2. The van der Waals surface area contributed by atoms with Gasteiger partial charge in [0.05, 0.1) is 29.4 Å². The van der Waals surface area contributed by atoms with Crippen LogP contribution in [0.5, 0.6) is 5.75 Å². The lowest BCUT2D eigenvalue weighted by Crippen LogP contribution is -2.51. The molecule has 0 saturated carbocycles. The van der Waals surface area contributed by atoms with Crippen LogP contribution in [-0.4, -0.2) is 63.3 Å². The Kier molecular flexibility index (Phi) is 7.90. The molecule has 0 fully saturated rings. The van der Waals surface area contributed by atoms with Crippen molar-refractivity contribution in [1.29, 1.82) is 0 Å². The molecule has 2 heterocycles. The quantitative estimate of drug-likeness (QED) is 0.437. The van der Waals surface area contributed by atoms with Crippen molar-refractivity contribution in [1.82, 2.24) is 10.3 Å². The number of fused-ring (bicyclic) bond motifs is 1. The molecule has 2 N–H and O–H groups in total. The topological polar surface area (TPSA) is 112 Å². The third-order valence-electron chi connectivity index (χ3n) is 6.54. The zero-order valence-corrected chi connectivity index (χ0v) is 24.0. The number of ether oxygens (including phenoxy) is 1. The number of hydrogen-bond donors (Lipinski definition) is 2. The van der Waals surface area contributed by atoms with Crippen molar-refractivity contribution in [2.75, 3.05) is 36.4 Å². The number of aromatic nitrogens is 1. The summed E-state index contributed by atoms with van der Waals surface area (Å²) in [6.07, 6.45) is -0.673. The number of hydrogen-bond acceptors (Lipinski definition) is 7. The second kappa shape index (κ2) is 10.9. The minimum atomic E-state index is -3.99. The fourth-order valence-corrected chi connectivity index (χ4v) is 5.78. The Morgan fingerprint density at radius 2 is 1.87 bits per heavy atom. The molecule has 0 unspecified atom stereocenters. The number of benzene rings is 2. The van der Waals surface area contributed by atoms with Crippen LogP contribution in [0, 0.1) is 0 Å². The van der Waals surface area contributed by atoms with Crippen LogP contribution in [0.25, 0.3) is 11.3 Å². The van der Waals surface area contributed by atoms with E-state index < -0.39 is 27.6 Å². The molecule has 0 spiro atoms. The maximum absolute atomic E-state index is 14.1. The van der Waals surface area contributed by atoms with Gasteiger partial charge < -0.3 is 20.1 Å². The van der Waals surface area contributed by atoms with Gasteiger partial charge in [-0.05, 0) is 67.8 Å². The smallest absolute Gasteiger partial charge is 0.264 e. The van der Waals surface area contributed by atoms with E-state index in [1.807, 2.05) is 63.2 Å². The molecule has 1 aliphatic rings. The molecule has 0 aliphatic carbocycles. The standard InChI is InChI=1S/C29H36N4O5S/c1-19(2)20-9-7-10-23(15-20)39(36,37)33-18-22(17-30-28(34)29(3,4)35)38-26-14-13-21(16-25(26)33)24-11-8-12-27(31-24)32(5)6/h7-16,19,22,35H,17-18H2,1-6H3,(H,30,34)/t22-/m0/s1. The van der Waals surface area contributed by atoms with Crippen LogP contribution < -0.4 is 19.3 Å². The van der Waals surface area contributed by atoms with Gasteiger partial charge in [-0.15, -0.1) is 0 Å². The highest BCUT2D eigenvalue weighted by Crippen LogP contribution is 2.40. The molecular weight excluding hydrogens is 516 g/mol. The first-order valence-corrected chi connectivity index (χ1v) is 14.3. The fourth-order valence-electron chi connectivity index (χ4n) is 4.22. The van der Waals surface area contributed by atoms with Crippen LogP contribution in [0.2, 0.25) is 0 Å². The average Bonchev–Trinajstić information content (AvgIpc) is 2.90. The summed E-state index contributed by atoms with van der Waals surface area (Å²) in [4.78, 5) is 19.1.